The summed E-state index contributed by atoms with van der Waals surface area (Å²) in [5, 5.41) is 0. The Hall–Kier alpha value is -1.84. The van der Waals surface area contributed by atoms with E-state index in [1.807, 2.05) is 13.0 Å². The van der Waals surface area contributed by atoms with Gasteiger partial charge in [-0.2, -0.15) is 0 Å². The summed E-state index contributed by atoms with van der Waals surface area (Å²) in [6, 6.07) is 3.24. The minimum atomic E-state index is -0.359. The van der Waals surface area contributed by atoms with Crippen molar-refractivity contribution in [1.82, 2.24) is 4.90 Å². The molecule has 0 bridgehead atoms. The highest BCUT2D eigenvalue weighted by atomic mass is 16.3. The number of carbonyl (C=O) groups is 2. The third-order valence-corrected chi connectivity index (χ3v) is 2.69. The van der Waals surface area contributed by atoms with Crippen molar-refractivity contribution in [3.63, 3.8) is 0 Å². The summed E-state index contributed by atoms with van der Waals surface area (Å²) >= 11 is 0. The van der Waals surface area contributed by atoms with Gasteiger partial charge in [-0.15, -0.1) is 0 Å². The number of amides is 2. The van der Waals surface area contributed by atoms with Crippen LogP contribution in [-0.4, -0.2) is 16.7 Å². The van der Waals surface area contributed by atoms with E-state index in [1.165, 1.54) is 11.0 Å². The van der Waals surface area contributed by atoms with E-state index >= 15 is 0 Å². The number of furan rings is 1. The maximum Gasteiger partial charge on any atom is 0.257 e. The van der Waals surface area contributed by atoms with Gasteiger partial charge in [-0.25, -0.2) is 0 Å². The van der Waals surface area contributed by atoms with Gasteiger partial charge < -0.3 is 4.42 Å². The molecule has 1 aromatic rings. The summed E-state index contributed by atoms with van der Waals surface area (Å²) in [6.45, 7) is 5.24. The molecule has 2 rings (SSSR count). The van der Waals surface area contributed by atoms with Crippen molar-refractivity contribution in [2.45, 2.75) is 26.8 Å². The van der Waals surface area contributed by atoms with Crippen molar-refractivity contribution in [2.24, 2.45) is 0 Å². The monoisotopic (exact) mass is 219 g/mol. The summed E-state index contributed by atoms with van der Waals surface area (Å²) in [5.74, 6) is 0.878. The first-order valence-corrected chi connectivity index (χ1v) is 5.13. The number of nitrogens with zero attached hydrogens (tertiary/aromatic N) is 1. The summed E-state index contributed by atoms with van der Waals surface area (Å²) < 4.78 is 5.42. The van der Waals surface area contributed by atoms with Crippen molar-refractivity contribution < 1.29 is 14.0 Å². The number of hydrogen-bond donors (Lipinski definition) is 0. The smallest absolute Gasteiger partial charge is 0.257 e. The van der Waals surface area contributed by atoms with Gasteiger partial charge in [0.05, 0.1) is 6.04 Å². The lowest BCUT2D eigenvalue weighted by molar-refractivity contribution is -0.140. The molecule has 1 aliphatic rings. The van der Waals surface area contributed by atoms with Crippen molar-refractivity contribution >= 4 is 11.8 Å². The predicted octanol–water partition coefficient (Wildman–Crippen LogP) is 1.96. The minimum absolute atomic E-state index is 0.244. The van der Waals surface area contributed by atoms with Gasteiger partial charge in [-0.1, -0.05) is 0 Å². The lowest BCUT2D eigenvalue weighted by Crippen LogP contribution is -2.33. The normalized spacial score (nSPS) is 17.9. The van der Waals surface area contributed by atoms with Crippen LogP contribution in [0.25, 0.3) is 0 Å². The zero-order chi connectivity index (χ0) is 11.9. The zero-order valence-corrected chi connectivity index (χ0v) is 9.48. The van der Waals surface area contributed by atoms with Gasteiger partial charge in [0.25, 0.3) is 11.8 Å². The SMILES string of the molecule is CC1=CC(=O)N(C(C)c2ccc(C)o2)C1=O. The standard InChI is InChI=1S/C12H13NO3/c1-7-6-11(14)13(12(7)15)9(3)10-5-4-8(2)16-10/h4-6,9H,1-3H3. The first kappa shape index (κ1) is 10.7. The van der Waals surface area contributed by atoms with Crippen molar-refractivity contribution in [3.05, 3.63) is 35.3 Å². The number of carbonyl (C=O) groups excluding carboxylic acids is 2. The molecular weight excluding hydrogens is 206 g/mol. The average molecular weight is 219 g/mol. The average Bonchev–Trinajstić information content (AvgIpc) is 2.73. The zero-order valence-electron chi connectivity index (χ0n) is 9.48. The van der Waals surface area contributed by atoms with E-state index in [9.17, 15) is 9.59 Å². The van der Waals surface area contributed by atoms with Gasteiger partial charge in [-0.3, -0.25) is 14.5 Å². The van der Waals surface area contributed by atoms with E-state index in [1.54, 1.807) is 19.9 Å². The van der Waals surface area contributed by atoms with Gasteiger partial charge in [-0.05, 0) is 32.9 Å². The van der Waals surface area contributed by atoms with Crippen LogP contribution < -0.4 is 0 Å². The van der Waals surface area contributed by atoms with E-state index in [0.717, 1.165) is 5.76 Å². The van der Waals surface area contributed by atoms with Gasteiger partial charge in [0.1, 0.15) is 11.5 Å². The minimum Gasteiger partial charge on any atom is -0.464 e. The fourth-order valence-corrected chi connectivity index (χ4v) is 1.78. The Kier molecular flexibility index (Phi) is 2.42. The molecule has 1 atom stereocenters. The van der Waals surface area contributed by atoms with Crippen molar-refractivity contribution in [3.8, 4) is 0 Å². The molecular formula is C12H13NO3. The first-order chi connectivity index (χ1) is 7.50. The molecule has 0 spiro atoms. The Morgan fingerprint density at radius 2 is 1.94 bits per heavy atom. The molecule has 0 aromatic carbocycles. The van der Waals surface area contributed by atoms with Crippen LogP contribution in [0.4, 0.5) is 0 Å². The lowest BCUT2D eigenvalue weighted by Gasteiger charge is -2.20. The van der Waals surface area contributed by atoms with Crippen LogP contribution in [0.5, 0.6) is 0 Å². The van der Waals surface area contributed by atoms with Crippen molar-refractivity contribution in [2.75, 3.05) is 0 Å². The van der Waals surface area contributed by atoms with E-state index in [4.69, 9.17) is 4.42 Å². The molecule has 2 amide bonds. The van der Waals surface area contributed by atoms with Gasteiger partial charge >= 0.3 is 0 Å². The molecule has 4 heteroatoms. The highest BCUT2D eigenvalue weighted by Crippen LogP contribution is 2.27. The second-order valence-electron chi connectivity index (χ2n) is 3.97. The summed E-state index contributed by atoms with van der Waals surface area (Å²) in [5.41, 5.74) is 0.472. The van der Waals surface area contributed by atoms with Crippen LogP contribution in [0.15, 0.2) is 28.2 Å². The third kappa shape index (κ3) is 1.56. The Morgan fingerprint density at radius 1 is 1.25 bits per heavy atom. The Labute approximate surface area is 93.5 Å². The van der Waals surface area contributed by atoms with Crippen LogP contribution in [0.1, 0.15) is 31.4 Å². The highest BCUT2D eigenvalue weighted by molar-refractivity contribution is 6.16. The van der Waals surface area contributed by atoms with Gasteiger partial charge in [0, 0.05) is 11.6 Å². The molecule has 1 unspecified atom stereocenters. The summed E-state index contributed by atoms with van der Waals surface area (Å²) in [6.07, 6.45) is 1.36. The van der Waals surface area contributed by atoms with Crippen LogP contribution in [0.3, 0.4) is 0 Å². The molecule has 0 fully saturated rings. The second-order valence-corrected chi connectivity index (χ2v) is 3.97. The molecule has 0 saturated heterocycles. The predicted molar refractivity (Wildman–Crippen MR) is 57.5 cm³/mol. The van der Waals surface area contributed by atoms with Crippen molar-refractivity contribution in [1.29, 1.82) is 0 Å². The maximum atomic E-state index is 11.7. The molecule has 2 heterocycles. The largest absolute Gasteiger partial charge is 0.464 e. The fraction of sp³-hybridized carbons (Fsp3) is 0.333. The molecule has 0 aliphatic carbocycles. The van der Waals surface area contributed by atoms with E-state index in [-0.39, 0.29) is 17.9 Å². The second kappa shape index (κ2) is 3.63. The van der Waals surface area contributed by atoms with Crippen LogP contribution in [0.2, 0.25) is 0 Å². The van der Waals surface area contributed by atoms with E-state index in [2.05, 4.69) is 0 Å². The highest BCUT2D eigenvalue weighted by Gasteiger charge is 2.34. The van der Waals surface area contributed by atoms with Crippen LogP contribution >= 0.6 is 0 Å². The maximum absolute atomic E-state index is 11.7. The lowest BCUT2D eigenvalue weighted by atomic mass is 10.2. The number of imide groups is 1. The van der Waals surface area contributed by atoms with Crippen LogP contribution in [0, 0.1) is 6.92 Å². The molecule has 1 aliphatic heterocycles. The molecule has 1 aromatic heterocycles. The van der Waals surface area contributed by atoms with Gasteiger partial charge in [0.15, 0.2) is 0 Å². The van der Waals surface area contributed by atoms with E-state index < -0.39 is 0 Å². The molecule has 0 saturated carbocycles. The number of aryl methyl sites for hydroxylation is 1. The quantitative estimate of drug-likeness (QED) is 0.714. The molecule has 0 N–H and O–H groups in total. The topological polar surface area (TPSA) is 50.5 Å². The first-order valence-electron chi connectivity index (χ1n) is 5.13. The molecule has 0 radical (unpaired) electrons. The Balaban J connectivity index is 2.27. The van der Waals surface area contributed by atoms with Crippen LogP contribution in [-0.2, 0) is 9.59 Å². The van der Waals surface area contributed by atoms with Gasteiger partial charge in [0.2, 0.25) is 0 Å². The fourth-order valence-electron chi connectivity index (χ4n) is 1.78. The molecule has 4 nitrogen and oxygen atoms in total. The molecule has 84 valence electrons. The Morgan fingerprint density at radius 3 is 2.38 bits per heavy atom. The summed E-state index contributed by atoms with van der Waals surface area (Å²) in [4.78, 5) is 24.6. The number of hydrogen-bond acceptors (Lipinski definition) is 3. The third-order valence-electron chi connectivity index (χ3n) is 2.69. The Bertz CT molecular complexity index is 484. The molecule has 16 heavy (non-hydrogen) atoms. The van der Waals surface area contributed by atoms with E-state index in [0.29, 0.717) is 11.3 Å². The number of rotatable bonds is 2. The summed E-state index contributed by atoms with van der Waals surface area (Å²) in [7, 11) is 0.